The minimum atomic E-state index is -3.54. The Hall–Kier alpha value is -0.140. The molecule has 0 atom stereocenters. The Morgan fingerprint density at radius 1 is 1.40 bits per heavy atom. The summed E-state index contributed by atoms with van der Waals surface area (Å²) in [5, 5.41) is 0.483. The lowest BCUT2D eigenvalue weighted by Gasteiger charge is -2.23. The quantitative estimate of drug-likeness (QED) is 0.724. The fourth-order valence-electron chi connectivity index (χ4n) is 1.70. The lowest BCUT2D eigenvalue weighted by molar-refractivity contribution is 0.175. The fourth-order valence-corrected chi connectivity index (χ4v) is 3.96. The van der Waals surface area contributed by atoms with Gasteiger partial charge >= 0.3 is 0 Å². The first-order valence-electron chi connectivity index (χ1n) is 6.23. The van der Waals surface area contributed by atoms with Crippen molar-refractivity contribution in [3.63, 3.8) is 0 Å². The normalized spacial score (nSPS) is 12.3. The number of hydrogen-bond acceptors (Lipinski definition) is 3. The Morgan fingerprint density at radius 3 is 2.55 bits per heavy atom. The SMILES string of the molecule is COCCN(CC(C)C)S(=O)(=O)c1ccc(Cl)c(Br)c1. The van der Waals surface area contributed by atoms with Crippen LogP contribution in [0.1, 0.15) is 13.8 Å². The maximum Gasteiger partial charge on any atom is 0.243 e. The predicted molar refractivity (Wildman–Crippen MR) is 84.6 cm³/mol. The third-order valence-electron chi connectivity index (χ3n) is 2.64. The van der Waals surface area contributed by atoms with Gasteiger partial charge in [0.2, 0.25) is 10.0 Å². The monoisotopic (exact) mass is 383 g/mol. The summed E-state index contributed by atoms with van der Waals surface area (Å²) in [6.07, 6.45) is 0. The molecule has 0 aromatic heterocycles. The second kappa shape index (κ2) is 7.75. The molecule has 20 heavy (non-hydrogen) atoms. The zero-order valence-electron chi connectivity index (χ0n) is 11.8. The molecule has 0 fully saturated rings. The van der Waals surface area contributed by atoms with Gasteiger partial charge in [0, 0.05) is 24.7 Å². The van der Waals surface area contributed by atoms with E-state index in [9.17, 15) is 8.42 Å². The molecule has 0 unspecified atom stereocenters. The molecule has 0 amide bonds. The molecule has 1 aromatic carbocycles. The number of halogens is 2. The van der Waals surface area contributed by atoms with E-state index in [2.05, 4.69) is 15.9 Å². The summed E-state index contributed by atoms with van der Waals surface area (Å²) in [5.41, 5.74) is 0. The average molecular weight is 385 g/mol. The molecule has 0 aliphatic rings. The van der Waals surface area contributed by atoms with Gasteiger partial charge in [0.15, 0.2) is 0 Å². The van der Waals surface area contributed by atoms with Gasteiger partial charge in [-0.2, -0.15) is 4.31 Å². The third kappa shape index (κ3) is 4.70. The van der Waals surface area contributed by atoms with Crippen LogP contribution in [0.2, 0.25) is 5.02 Å². The summed E-state index contributed by atoms with van der Waals surface area (Å²) in [7, 11) is -1.99. The number of benzene rings is 1. The van der Waals surface area contributed by atoms with Crippen LogP contribution >= 0.6 is 27.5 Å². The zero-order valence-corrected chi connectivity index (χ0v) is 14.9. The predicted octanol–water partition coefficient (Wildman–Crippen LogP) is 3.40. The first-order valence-corrected chi connectivity index (χ1v) is 8.84. The molecular formula is C13H19BrClNO3S. The summed E-state index contributed by atoms with van der Waals surface area (Å²) in [5.74, 6) is 0.234. The van der Waals surface area contributed by atoms with Crippen molar-refractivity contribution in [2.45, 2.75) is 18.7 Å². The van der Waals surface area contributed by atoms with Crippen LogP contribution in [-0.2, 0) is 14.8 Å². The molecule has 1 rings (SSSR count). The van der Waals surface area contributed by atoms with E-state index in [0.29, 0.717) is 29.2 Å². The van der Waals surface area contributed by atoms with Crippen LogP contribution in [0.15, 0.2) is 27.6 Å². The molecule has 0 radical (unpaired) electrons. The van der Waals surface area contributed by atoms with Gasteiger partial charge in [-0.3, -0.25) is 0 Å². The molecular weight excluding hydrogens is 366 g/mol. The van der Waals surface area contributed by atoms with Gasteiger partial charge in [-0.05, 0) is 40.0 Å². The molecule has 0 spiro atoms. The fraction of sp³-hybridized carbons (Fsp3) is 0.538. The first-order chi connectivity index (χ1) is 9.28. The highest BCUT2D eigenvalue weighted by Gasteiger charge is 2.25. The topological polar surface area (TPSA) is 46.6 Å². The van der Waals surface area contributed by atoms with Crippen LogP contribution in [-0.4, -0.2) is 39.5 Å². The van der Waals surface area contributed by atoms with Gasteiger partial charge in [0.05, 0.1) is 16.5 Å². The minimum Gasteiger partial charge on any atom is -0.383 e. The van der Waals surface area contributed by atoms with E-state index < -0.39 is 10.0 Å². The van der Waals surface area contributed by atoms with Crippen molar-refractivity contribution in [3.8, 4) is 0 Å². The van der Waals surface area contributed by atoms with E-state index in [-0.39, 0.29) is 10.8 Å². The van der Waals surface area contributed by atoms with E-state index in [1.54, 1.807) is 13.2 Å². The van der Waals surface area contributed by atoms with E-state index >= 15 is 0 Å². The van der Waals surface area contributed by atoms with E-state index in [1.165, 1.54) is 16.4 Å². The van der Waals surface area contributed by atoms with E-state index in [4.69, 9.17) is 16.3 Å². The Labute approximate surface area is 134 Å². The second-order valence-corrected chi connectivity index (χ2v) is 8.03. The zero-order chi connectivity index (χ0) is 15.3. The Bertz CT molecular complexity index is 549. The van der Waals surface area contributed by atoms with Crippen LogP contribution in [0, 0.1) is 5.92 Å². The summed E-state index contributed by atoms with van der Waals surface area (Å²) >= 11 is 9.15. The Morgan fingerprint density at radius 2 is 2.05 bits per heavy atom. The maximum atomic E-state index is 12.6. The van der Waals surface area contributed by atoms with Crippen molar-refractivity contribution in [3.05, 3.63) is 27.7 Å². The number of ether oxygens (including phenoxy) is 1. The summed E-state index contributed by atoms with van der Waals surface area (Å²) < 4.78 is 32.3. The average Bonchev–Trinajstić information content (AvgIpc) is 2.37. The lowest BCUT2D eigenvalue weighted by Crippen LogP contribution is -2.36. The van der Waals surface area contributed by atoms with E-state index in [0.717, 1.165) is 0 Å². The van der Waals surface area contributed by atoms with Crippen molar-refractivity contribution < 1.29 is 13.2 Å². The molecule has 7 heteroatoms. The van der Waals surface area contributed by atoms with Gasteiger partial charge < -0.3 is 4.74 Å². The highest BCUT2D eigenvalue weighted by Crippen LogP contribution is 2.27. The molecule has 0 heterocycles. The number of hydrogen-bond donors (Lipinski definition) is 0. The van der Waals surface area contributed by atoms with Crippen LogP contribution in [0.5, 0.6) is 0 Å². The Kier molecular flexibility index (Phi) is 6.94. The summed E-state index contributed by atoms with van der Waals surface area (Å²) in [6.45, 7) is 5.10. The molecule has 1 aromatic rings. The van der Waals surface area contributed by atoms with Crippen molar-refractivity contribution in [1.82, 2.24) is 4.31 Å². The summed E-state index contributed by atoms with van der Waals surface area (Å²) in [6, 6.07) is 4.61. The largest absolute Gasteiger partial charge is 0.383 e. The first kappa shape index (κ1) is 17.9. The van der Waals surface area contributed by atoms with Crippen molar-refractivity contribution in [2.75, 3.05) is 26.8 Å². The molecule has 0 aliphatic heterocycles. The van der Waals surface area contributed by atoms with Gasteiger partial charge in [0.1, 0.15) is 0 Å². The molecule has 0 aliphatic carbocycles. The third-order valence-corrected chi connectivity index (χ3v) is 5.72. The highest BCUT2D eigenvalue weighted by molar-refractivity contribution is 9.10. The number of sulfonamides is 1. The van der Waals surface area contributed by atoms with Crippen LogP contribution < -0.4 is 0 Å². The number of methoxy groups -OCH3 is 1. The molecule has 4 nitrogen and oxygen atoms in total. The highest BCUT2D eigenvalue weighted by atomic mass is 79.9. The van der Waals surface area contributed by atoms with Gasteiger partial charge in [-0.1, -0.05) is 25.4 Å². The molecule has 0 saturated heterocycles. The van der Waals surface area contributed by atoms with Gasteiger partial charge in [0.25, 0.3) is 0 Å². The molecule has 114 valence electrons. The molecule has 0 bridgehead atoms. The standard InChI is InChI=1S/C13H19BrClNO3S/c1-10(2)9-16(6-7-19-3)20(17,18)11-4-5-13(15)12(14)8-11/h4-5,8,10H,6-7,9H2,1-3H3. The van der Waals surface area contributed by atoms with Crippen molar-refractivity contribution >= 4 is 37.6 Å². The second-order valence-electron chi connectivity index (χ2n) is 4.83. The maximum absolute atomic E-state index is 12.6. The minimum absolute atomic E-state index is 0.227. The molecule has 0 N–H and O–H groups in total. The molecule has 0 saturated carbocycles. The van der Waals surface area contributed by atoms with Crippen molar-refractivity contribution in [1.29, 1.82) is 0 Å². The Balaban J connectivity index is 3.10. The number of rotatable bonds is 7. The number of nitrogens with zero attached hydrogens (tertiary/aromatic N) is 1. The van der Waals surface area contributed by atoms with Gasteiger partial charge in [-0.15, -0.1) is 0 Å². The van der Waals surface area contributed by atoms with Crippen LogP contribution in [0.3, 0.4) is 0 Å². The van der Waals surface area contributed by atoms with E-state index in [1.807, 2.05) is 13.8 Å². The smallest absolute Gasteiger partial charge is 0.243 e. The van der Waals surface area contributed by atoms with Crippen LogP contribution in [0.4, 0.5) is 0 Å². The lowest BCUT2D eigenvalue weighted by atomic mass is 10.2. The summed E-state index contributed by atoms with van der Waals surface area (Å²) in [4.78, 5) is 0.227. The van der Waals surface area contributed by atoms with Gasteiger partial charge in [-0.25, -0.2) is 8.42 Å². The van der Waals surface area contributed by atoms with Crippen molar-refractivity contribution in [2.24, 2.45) is 5.92 Å². The van der Waals surface area contributed by atoms with Crippen LogP contribution in [0.25, 0.3) is 0 Å².